The van der Waals surface area contributed by atoms with Crippen molar-refractivity contribution in [3.63, 3.8) is 0 Å². The Morgan fingerprint density at radius 3 is 2.44 bits per heavy atom. The van der Waals surface area contributed by atoms with E-state index in [2.05, 4.69) is 5.32 Å². The zero-order valence-corrected chi connectivity index (χ0v) is 10.1. The van der Waals surface area contributed by atoms with Crippen molar-refractivity contribution >= 4 is 12.0 Å². The summed E-state index contributed by atoms with van der Waals surface area (Å²) in [6.45, 7) is 6.17. The van der Waals surface area contributed by atoms with Crippen LogP contribution in [0.2, 0.25) is 0 Å². The number of nitrogens with one attached hydrogen (secondary N) is 1. The molecule has 5 nitrogen and oxygen atoms in total. The summed E-state index contributed by atoms with van der Waals surface area (Å²) in [5, 5.41) is 11.8. The Morgan fingerprint density at radius 1 is 1.31 bits per heavy atom. The molecule has 0 saturated carbocycles. The summed E-state index contributed by atoms with van der Waals surface area (Å²) in [7, 11) is 0. The topological polar surface area (TPSA) is 69.6 Å². The van der Waals surface area contributed by atoms with Gasteiger partial charge in [0.05, 0.1) is 0 Å². The van der Waals surface area contributed by atoms with Gasteiger partial charge < -0.3 is 15.3 Å². The molecule has 1 unspecified atom stereocenters. The van der Waals surface area contributed by atoms with E-state index >= 15 is 0 Å². The second kappa shape index (κ2) is 4.72. The number of hydrogen-bond acceptors (Lipinski definition) is 2. The molecule has 2 N–H and O–H groups in total. The van der Waals surface area contributed by atoms with Crippen molar-refractivity contribution in [3.05, 3.63) is 0 Å². The maximum absolute atomic E-state index is 11.9. The maximum atomic E-state index is 11.9. The minimum atomic E-state index is -0.913. The van der Waals surface area contributed by atoms with Crippen LogP contribution in [0.5, 0.6) is 0 Å². The molecule has 16 heavy (non-hydrogen) atoms. The lowest BCUT2D eigenvalue weighted by atomic mass is 10.0. The van der Waals surface area contributed by atoms with Gasteiger partial charge in [0.25, 0.3) is 0 Å². The number of likely N-dealkylation sites (tertiary alicyclic amines) is 1. The third-order valence-electron chi connectivity index (χ3n) is 2.53. The van der Waals surface area contributed by atoms with Gasteiger partial charge in [-0.05, 0) is 40.0 Å². The molecular formula is C11H20N2O3. The van der Waals surface area contributed by atoms with E-state index in [9.17, 15) is 9.59 Å². The van der Waals surface area contributed by atoms with Crippen LogP contribution < -0.4 is 5.32 Å². The molecule has 0 spiro atoms. The molecule has 1 atom stereocenters. The van der Waals surface area contributed by atoms with Crippen LogP contribution >= 0.6 is 0 Å². The molecule has 1 aliphatic heterocycles. The van der Waals surface area contributed by atoms with Crippen molar-refractivity contribution in [1.29, 1.82) is 0 Å². The van der Waals surface area contributed by atoms with Crippen LogP contribution in [-0.4, -0.2) is 40.1 Å². The molecule has 0 aromatic heterocycles. The average Bonchev–Trinajstić information content (AvgIpc) is 2.15. The second-order valence-electron chi connectivity index (χ2n) is 5.22. The number of urea groups is 1. The highest BCUT2D eigenvalue weighted by molar-refractivity contribution is 5.83. The van der Waals surface area contributed by atoms with Crippen molar-refractivity contribution in [2.24, 2.45) is 0 Å². The first-order chi connectivity index (χ1) is 7.31. The Balaban J connectivity index is 2.68. The van der Waals surface area contributed by atoms with Gasteiger partial charge in [-0.3, -0.25) is 0 Å². The fraction of sp³-hybridized carbons (Fsp3) is 0.818. The lowest BCUT2D eigenvalue weighted by Gasteiger charge is -2.35. The van der Waals surface area contributed by atoms with E-state index in [1.54, 1.807) is 0 Å². The molecule has 0 aromatic carbocycles. The van der Waals surface area contributed by atoms with Crippen LogP contribution in [0.25, 0.3) is 0 Å². The zero-order chi connectivity index (χ0) is 12.3. The molecule has 0 aliphatic carbocycles. The number of carbonyl (C=O) groups excluding carboxylic acids is 1. The molecule has 1 rings (SSSR count). The molecule has 2 amide bonds. The lowest BCUT2D eigenvalue weighted by molar-refractivity contribution is -0.143. The minimum Gasteiger partial charge on any atom is -0.480 e. The Kier molecular flexibility index (Phi) is 3.78. The van der Waals surface area contributed by atoms with Crippen LogP contribution in [0.4, 0.5) is 4.79 Å². The highest BCUT2D eigenvalue weighted by atomic mass is 16.4. The standard InChI is InChI=1S/C11H20N2O3/c1-11(2,3)12-10(16)13-7-5-4-6-8(13)9(14)15/h8H,4-7H2,1-3H3,(H,12,16)(H,14,15). The van der Waals surface area contributed by atoms with Gasteiger partial charge in [0.1, 0.15) is 6.04 Å². The second-order valence-corrected chi connectivity index (χ2v) is 5.22. The van der Waals surface area contributed by atoms with E-state index in [0.29, 0.717) is 13.0 Å². The van der Waals surface area contributed by atoms with E-state index in [-0.39, 0.29) is 11.6 Å². The first-order valence-electron chi connectivity index (χ1n) is 5.63. The maximum Gasteiger partial charge on any atom is 0.326 e. The molecule has 0 radical (unpaired) electrons. The Hall–Kier alpha value is -1.26. The third kappa shape index (κ3) is 3.40. The molecule has 1 saturated heterocycles. The van der Waals surface area contributed by atoms with Crippen LogP contribution in [0.15, 0.2) is 0 Å². The summed E-state index contributed by atoms with van der Waals surface area (Å²) >= 11 is 0. The third-order valence-corrected chi connectivity index (χ3v) is 2.53. The molecule has 1 fully saturated rings. The predicted molar refractivity (Wildman–Crippen MR) is 60.3 cm³/mol. The predicted octanol–water partition coefficient (Wildman–Crippen LogP) is 1.43. The summed E-state index contributed by atoms with van der Waals surface area (Å²) in [5.41, 5.74) is -0.336. The number of amides is 2. The highest BCUT2D eigenvalue weighted by Gasteiger charge is 2.33. The Labute approximate surface area is 95.8 Å². The normalized spacial score (nSPS) is 21.7. The van der Waals surface area contributed by atoms with E-state index < -0.39 is 12.0 Å². The Morgan fingerprint density at radius 2 is 1.94 bits per heavy atom. The van der Waals surface area contributed by atoms with Crippen molar-refractivity contribution < 1.29 is 14.7 Å². The average molecular weight is 228 g/mol. The van der Waals surface area contributed by atoms with E-state index in [4.69, 9.17) is 5.11 Å². The number of carboxylic acids is 1. The SMILES string of the molecule is CC(C)(C)NC(=O)N1CCCCC1C(=O)O. The number of hydrogen-bond donors (Lipinski definition) is 2. The van der Waals surface area contributed by atoms with E-state index in [0.717, 1.165) is 12.8 Å². The number of piperidine rings is 1. The van der Waals surface area contributed by atoms with Crippen molar-refractivity contribution in [3.8, 4) is 0 Å². The lowest BCUT2D eigenvalue weighted by Crippen LogP contribution is -2.55. The van der Waals surface area contributed by atoms with Gasteiger partial charge in [-0.1, -0.05) is 0 Å². The Bertz CT molecular complexity index is 283. The summed E-state index contributed by atoms with van der Waals surface area (Å²) < 4.78 is 0. The van der Waals surface area contributed by atoms with Gasteiger partial charge in [-0.15, -0.1) is 0 Å². The summed E-state index contributed by atoms with van der Waals surface area (Å²) in [6.07, 6.45) is 2.30. The van der Waals surface area contributed by atoms with Crippen molar-refractivity contribution in [2.75, 3.05) is 6.54 Å². The van der Waals surface area contributed by atoms with Gasteiger partial charge in [0.2, 0.25) is 0 Å². The molecule has 1 heterocycles. The first-order valence-corrected chi connectivity index (χ1v) is 5.63. The number of carboxylic acid groups (broad SMARTS) is 1. The monoisotopic (exact) mass is 228 g/mol. The number of carbonyl (C=O) groups is 2. The fourth-order valence-electron chi connectivity index (χ4n) is 1.82. The molecule has 1 aliphatic rings. The smallest absolute Gasteiger partial charge is 0.326 e. The largest absolute Gasteiger partial charge is 0.480 e. The molecule has 0 bridgehead atoms. The van der Waals surface area contributed by atoms with E-state index in [1.165, 1.54) is 4.90 Å². The summed E-state index contributed by atoms with van der Waals surface area (Å²) in [5.74, 6) is -0.913. The number of nitrogens with zero attached hydrogens (tertiary/aromatic N) is 1. The molecule has 5 heteroatoms. The summed E-state index contributed by atoms with van der Waals surface area (Å²) in [4.78, 5) is 24.3. The number of aliphatic carboxylic acids is 1. The van der Waals surface area contributed by atoms with Crippen LogP contribution in [-0.2, 0) is 4.79 Å². The first kappa shape index (κ1) is 12.8. The van der Waals surface area contributed by atoms with E-state index in [1.807, 2.05) is 20.8 Å². The zero-order valence-electron chi connectivity index (χ0n) is 10.1. The van der Waals surface area contributed by atoms with Gasteiger partial charge in [0.15, 0.2) is 0 Å². The van der Waals surface area contributed by atoms with Gasteiger partial charge in [0, 0.05) is 12.1 Å². The fourth-order valence-corrected chi connectivity index (χ4v) is 1.82. The van der Waals surface area contributed by atoms with Gasteiger partial charge in [-0.25, -0.2) is 9.59 Å². The van der Waals surface area contributed by atoms with Crippen LogP contribution in [0, 0.1) is 0 Å². The van der Waals surface area contributed by atoms with Gasteiger partial charge in [-0.2, -0.15) is 0 Å². The summed E-state index contributed by atoms with van der Waals surface area (Å²) in [6, 6.07) is -0.948. The van der Waals surface area contributed by atoms with Crippen LogP contribution in [0.1, 0.15) is 40.0 Å². The van der Waals surface area contributed by atoms with Crippen molar-refractivity contribution in [2.45, 2.75) is 51.6 Å². The quantitative estimate of drug-likeness (QED) is 0.713. The van der Waals surface area contributed by atoms with Gasteiger partial charge >= 0.3 is 12.0 Å². The van der Waals surface area contributed by atoms with Crippen molar-refractivity contribution in [1.82, 2.24) is 10.2 Å². The highest BCUT2D eigenvalue weighted by Crippen LogP contribution is 2.17. The molecule has 0 aromatic rings. The van der Waals surface area contributed by atoms with Crippen LogP contribution in [0.3, 0.4) is 0 Å². The number of rotatable bonds is 1. The molecular weight excluding hydrogens is 208 g/mol. The molecule has 92 valence electrons. The minimum absolute atomic E-state index is 0.278.